The first kappa shape index (κ1) is 22.0. The first-order chi connectivity index (χ1) is 13.2. The van der Waals surface area contributed by atoms with E-state index in [0.29, 0.717) is 10.0 Å². The number of nitrogens with one attached hydrogen (secondary N) is 1. The second kappa shape index (κ2) is 9.28. The van der Waals surface area contributed by atoms with Crippen LogP contribution in [0, 0.1) is 0 Å². The Bertz CT molecular complexity index is 962. The van der Waals surface area contributed by atoms with Crippen molar-refractivity contribution in [1.82, 2.24) is 9.79 Å². The summed E-state index contributed by atoms with van der Waals surface area (Å²) in [6, 6.07) is 11.2. The van der Waals surface area contributed by atoms with Crippen molar-refractivity contribution in [3.05, 3.63) is 64.1 Å². The first-order valence-electron chi connectivity index (χ1n) is 7.98. The molecule has 1 amide bonds. The molecule has 0 aliphatic rings. The SMILES string of the molecule is COC(=O)C(NC(=O)c1cccc(S(=O)(=O)N(C)OC)c1)c1ccc(Br)cc1. The Morgan fingerprint density at radius 2 is 1.75 bits per heavy atom. The zero-order valence-electron chi connectivity index (χ0n) is 15.4. The van der Waals surface area contributed by atoms with E-state index in [4.69, 9.17) is 9.57 Å². The third-order valence-electron chi connectivity index (χ3n) is 3.91. The van der Waals surface area contributed by atoms with Gasteiger partial charge in [-0.25, -0.2) is 13.2 Å². The van der Waals surface area contributed by atoms with Gasteiger partial charge in [0.25, 0.3) is 15.9 Å². The van der Waals surface area contributed by atoms with Gasteiger partial charge in [0.15, 0.2) is 6.04 Å². The molecule has 8 nitrogen and oxygen atoms in total. The summed E-state index contributed by atoms with van der Waals surface area (Å²) in [5, 5.41) is 2.57. The summed E-state index contributed by atoms with van der Waals surface area (Å²) >= 11 is 3.31. The van der Waals surface area contributed by atoms with Gasteiger partial charge in [0.05, 0.1) is 19.1 Å². The normalized spacial score (nSPS) is 12.5. The van der Waals surface area contributed by atoms with E-state index in [1.807, 2.05) is 0 Å². The van der Waals surface area contributed by atoms with Crippen LogP contribution in [-0.4, -0.2) is 46.0 Å². The number of benzene rings is 2. The number of halogens is 1. The Hall–Kier alpha value is -2.27. The standard InChI is InChI=1S/C18H19BrN2O6S/c1-21(27-3)28(24,25)15-6-4-5-13(11-15)17(22)20-16(18(23)26-2)12-7-9-14(19)10-8-12/h4-11,16H,1-3H3,(H,20,22). The van der Waals surface area contributed by atoms with Crippen LogP contribution in [0.2, 0.25) is 0 Å². The van der Waals surface area contributed by atoms with Crippen molar-refractivity contribution in [2.75, 3.05) is 21.3 Å². The molecule has 0 radical (unpaired) electrons. The Labute approximate surface area is 171 Å². The molecule has 10 heteroatoms. The van der Waals surface area contributed by atoms with Crippen molar-refractivity contribution in [2.24, 2.45) is 0 Å². The lowest BCUT2D eigenvalue weighted by molar-refractivity contribution is -0.143. The molecule has 0 fully saturated rings. The number of carbonyl (C=O) groups is 2. The van der Waals surface area contributed by atoms with E-state index in [9.17, 15) is 18.0 Å². The zero-order valence-corrected chi connectivity index (χ0v) is 17.8. The zero-order chi connectivity index (χ0) is 20.9. The minimum atomic E-state index is -3.92. The number of ether oxygens (including phenoxy) is 1. The Morgan fingerprint density at radius 1 is 1.11 bits per heavy atom. The lowest BCUT2D eigenvalue weighted by Gasteiger charge is -2.18. The molecule has 2 aromatic carbocycles. The average Bonchev–Trinajstić information content (AvgIpc) is 2.71. The highest BCUT2D eigenvalue weighted by atomic mass is 79.9. The molecular weight excluding hydrogens is 452 g/mol. The van der Waals surface area contributed by atoms with Gasteiger partial charge in [-0.05, 0) is 35.9 Å². The fraction of sp³-hybridized carbons (Fsp3) is 0.222. The molecule has 1 unspecified atom stereocenters. The van der Waals surface area contributed by atoms with Gasteiger partial charge in [-0.15, -0.1) is 0 Å². The lowest BCUT2D eigenvalue weighted by Crippen LogP contribution is -2.34. The lowest BCUT2D eigenvalue weighted by atomic mass is 10.1. The molecule has 150 valence electrons. The fourth-order valence-electron chi connectivity index (χ4n) is 2.31. The Kier molecular flexibility index (Phi) is 7.30. The molecule has 0 saturated carbocycles. The molecule has 1 N–H and O–H groups in total. The highest BCUT2D eigenvalue weighted by Gasteiger charge is 2.26. The van der Waals surface area contributed by atoms with E-state index in [-0.39, 0.29) is 10.5 Å². The van der Waals surface area contributed by atoms with Gasteiger partial charge in [0.1, 0.15) is 0 Å². The van der Waals surface area contributed by atoms with E-state index in [1.54, 1.807) is 24.3 Å². The van der Waals surface area contributed by atoms with Crippen molar-refractivity contribution in [3.8, 4) is 0 Å². The number of hydrogen-bond donors (Lipinski definition) is 1. The quantitative estimate of drug-likeness (QED) is 0.491. The van der Waals surface area contributed by atoms with Crippen LogP contribution in [0.4, 0.5) is 0 Å². The van der Waals surface area contributed by atoms with Crippen molar-refractivity contribution >= 4 is 37.8 Å². The van der Waals surface area contributed by atoms with Gasteiger partial charge in [0, 0.05) is 17.1 Å². The summed E-state index contributed by atoms with van der Waals surface area (Å²) in [5.41, 5.74) is 0.586. The smallest absolute Gasteiger partial charge is 0.333 e. The number of carbonyl (C=O) groups excluding carboxylic acids is 2. The minimum Gasteiger partial charge on any atom is -0.467 e. The van der Waals surface area contributed by atoms with E-state index >= 15 is 0 Å². The average molecular weight is 471 g/mol. The fourth-order valence-corrected chi connectivity index (χ4v) is 3.59. The van der Waals surface area contributed by atoms with Crippen molar-refractivity contribution < 1.29 is 27.6 Å². The Balaban J connectivity index is 2.33. The number of hydrogen-bond acceptors (Lipinski definition) is 6. The molecular formula is C18H19BrN2O6S. The second-order valence-electron chi connectivity index (χ2n) is 5.61. The monoisotopic (exact) mass is 470 g/mol. The maximum Gasteiger partial charge on any atom is 0.333 e. The molecule has 0 saturated heterocycles. The third kappa shape index (κ3) is 4.96. The van der Waals surface area contributed by atoms with Crippen LogP contribution >= 0.6 is 15.9 Å². The van der Waals surface area contributed by atoms with E-state index in [2.05, 4.69) is 21.2 Å². The van der Waals surface area contributed by atoms with Crippen molar-refractivity contribution in [2.45, 2.75) is 10.9 Å². The predicted octanol–water partition coefficient (Wildman–Crippen LogP) is 2.28. The van der Waals surface area contributed by atoms with Crippen LogP contribution in [-0.2, 0) is 24.4 Å². The summed E-state index contributed by atoms with van der Waals surface area (Å²) in [6.07, 6.45) is 0. The predicted molar refractivity (Wildman–Crippen MR) is 105 cm³/mol. The van der Waals surface area contributed by atoms with Gasteiger partial charge in [-0.2, -0.15) is 0 Å². The van der Waals surface area contributed by atoms with Gasteiger partial charge in [-0.1, -0.05) is 38.6 Å². The molecule has 0 aliphatic carbocycles. The van der Waals surface area contributed by atoms with Gasteiger partial charge >= 0.3 is 5.97 Å². The van der Waals surface area contributed by atoms with Crippen LogP contribution in [0.1, 0.15) is 22.0 Å². The van der Waals surface area contributed by atoms with Crippen LogP contribution in [0.3, 0.4) is 0 Å². The van der Waals surface area contributed by atoms with Gasteiger partial charge < -0.3 is 10.1 Å². The molecule has 0 spiro atoms. The summed E-state index contributed by atoms with van der Waals surface area (Å²) < 4.78 is 31.0. The number of rotatable bonds is 7. The third-order valence-corrected chi connectivity index (χ3v) is 6.11. The summed E-state index contributed by atoms with van der Waals surface area (Å²) in [4.78, 5) is 29.4. The molecule has 0 bridgehead atoms. The summed E-state index contributed by atoms with van der Waals surface area (Å²) in [6.45, 7) is 0. The number of amides is 1. The summed E-state index contributed by atoms with van der Waals surface area (Å²) in [5.74, 6) is -1.28. The number of sulfonamides is 1. The maximum absolute atomic E-state index is 12.7. The molecule has 28 heavy (non-hydrogen) atoms. The first-order valence-corrected chi connectivity index (χ1v) is 10.2. The molecule has 1 atom stereocenters. The van der Waals surface area contributed by atoms with E-state index in [0.717, 1.165) is 4.47 Å². The van der Waals surface area contributed by atoms with Crippen LogP contribution in [0.5, 0.6) is 0 Å². The highest BCUT2D eigenvalue weighted by molar-refractivity contribution is 9.10. The van der Waals surface area contributed by atoms with Crippen LogP contribution in [0.25, 0.3) is 0 Å². The molecule has 0 aliphatic heterocycles. The molecule has 0 aromatic heterocycles. The number of hydroxylamine groups is 1. The number of methoxy groups -OCH3 is 1. The maximum atomic E-state index is 12.7. The van der Waals surface area contributed by atoms with E-state index < -0.39 is 27.9 Å². The Morgan fingerprint density at radius 3 is 2.32 bits per heavy atom. The molecule has 2 rings (SSSR count). The van der Waals surface area contributed by atoms with Crippen LogP contribution in [0.15, 0.2) is 57.9 Å². The highest BCUT2D eigenvalue weighted by Crippen LogP contribution is 2.20. The molecule has 0 heterocycles. The number of esters is 1. The summed E-state index contributed by atoms with van der Waals surface area (Å²) in [7, 11) is -0.246. The second-order valence-corrected chi connectivity index (χ2v) is 8.46. The van der Waals surface area contributed by atoms with Crippen molar-refractivity contribution in [1.29, 1.82) is 0 Å². The van der Waals surface area contributed by atoms with Crippen molar-refractivity contribution in [3.63, 3.8) is 0 Å². The largest absolute Gasteiger partial charge is 0.467 e. The minimum absolute atomic E-state index is 0.0663. The topological polar surface area (TPSA) is 102 Å². The van der Waals surface area contributed by atoms with Crippen LogP contribution < -0.4 is 5.32 Å². The molecule has 2 aromatic rings. The van der Waals surface area contributed by atoms with Gasteiger partial charge in [0.2, 0.25) is 0 Å². The van der Waals surface area contributed by atoms with E-state index in [1.165, 1.54) is 45.5 Å². The number of nitrogens with zero attached hydrogens (tertiary/aromatic N) is 1. The van der Waals surface area contributed by atoms with Gasteiger partial charge in [-0.3, -0.25) is 9.63 Å².